The summed E-state index contributed by atoms with van der Waals surface area (Å²) in [6.45, 7) is 2.02. The lowest BCUT2D eigenvalue weighted by Crippen LogP contribution is -2.38. The minimum atomic E-state index is -0.541. The number of ether oxygens (including phenoxy) is 2. The Hall–Kier alpha value is -3.59. The van der Waals surface area contributed by atoms with Gasteiger partial charge in [0.25, 0.3) is 0 Å². The molecule has 0 fully saturated rings. The quantitative estimate of drug-likeness (QED) is 0.536. The molecule has 1 amide bonds. The van der Waals surface area contributed by atoms with Crippen molar-refractivity contribution in [3.63, 3.8) is 0 Å². The van der Waals surface area contributed by atoms with Crippen molar-refractivity contribution in [2.45, 2.75) is 32.4 Å². The molecular weight excluding hydrogens is 469 g/mol. The molecule has 2 heterocycles. The molecule has 2 aliphatic rings. The maximum atomic E-state index is 13.9. The molecule has 0 spiro atoms. The number of halogens is 1. The summed E-state index contributed by atoms with van der Waals surface area (Å²) in [5.41, 5.74) is 2.97. The van der Waals surface area contributed by atoms with Gasteiger partial charge in [-0.2, -0.15) is 0 Å². The lowest BCUT2D eigenvalue weighted by atomic mass is 9.92. The highest BCUT2D eigenvalue weighted by molar-refractivity contribution is 8.16. The van der Waals surface area contributed by atoms with E-state index in [2.05, 4.69) is 5.32 Å². The SMILES string of the molecule is CCC1=C(C(=O)OC)[C@@H](c2cccc(OC)c2)N2C(CC(=O)NCc3ccccc3F)=CSC2=N1. The average Bonchev–Trinajstić information content (AvgIpc) is 3.28. The first-order chi connectivity index (χ1) is 17.0. The number of thioether (sulfide) groups is 1. The van der Waals surface area contributed by atoms with Crippen LogP contribution in [0.15, 0.2) is 75.9 Å². The number of aliphatic imine (C=N–C) groups is 1. The topological polar surface area (TPSA) is 80.2 Å². The zero-order valence-electron chi connectivity index (χ0n) is 19.7. The number of rotatable bonds is 8. The van der Waals surface area contributed by atoms with Crippen LogP contribution >= 0.6 is 11.8 Å². The average molecular weight is 496 g/mol. The molecule has 0 bridgehead atoms. The van der Waals surface area contributed by atoms with Gasteiger partial charge in [-0.05, 0) is 35.6 Å². The number of fused-ring (bicyclic) bond motifs is 1. The predicted molar refractivity (Wildman–Crippen MR) is 133 cm³/mol. The van der Waals surface area contributed by atoms with Crippen molar-refractivity contribution in [2.75, 3.05) is 14.2 Å². The van der Waals surface area contributed by atoms with Gasteiger partial charge in [0.05, 0.1) is 38.0 Å². The van der Waals surface area contributed by atoms with Gasteiger partial charge in [-0.1, -0.05) is 49.0 Å². The van der Waals surface area contributed by atoms with Gasteiger partial charge in [-0.15, -0.1) is 0 Å². The molecule has 0 saturated carbocycles. The minimum absolute atomic E-state index is 0.0385. The van der Waals surface area contributed by atoms with E-state index in [9.17, 15) is 14.0 Å². The van der Waals surface area contributed by atoms with Crippen LogP contribution in [0.5, 0.6) is 5.75 Å². The second-order valence-corrected chi connectivity index (χ2v) is 8.76. The second-order valence-electron chi connectivity index (χ2n) is 7.92. The third kappa shape index (κ3) is 5.09. The Kier molecular flexibility index (Phi) is 7.55. The normalized spacial score (nSPS) is 16.9. The van der Waals surface area contributed by atoms with Gasteiger partial charge in [0.2, 0.25) is 5.91 Å². The summed E-state index contributed by atoms with van der Waals surface area (Å²) in [6, 6.07) is 13.2. The molecule has 7 nitrogen and oxygen atoms in total. The molecule has 0 aromatic heterocycles. The highest BCUT2D eigenvalue weighted by Gasteiger charge is 2.41. The molecule has 0 radical (unpaired) electrons. The van der Waals surface area contributed by atoms with E-state index in [-0.39, 0.29) is 24.7 Å². The van der Waals surface area contributed by atoms with Crippen LogP contribution in [-0.2, 0) is 20.9 Å². The molecular formula is C26H26FN3O4S. The van der Waals surface area contributed by atoms with Crippen LogP contribution in [0.1, 0.15) is 36.9 Å². The Morgan fingerprint density at radius 1 is 1.17 bits per heavy atom. The molecule has 9 heteroatoms. The fourth-order valence-electron chi connectivity index (χ4n) is 4.10. The Morgan fingerprint density at radius 3 is 2.69 bits per heavy atom. The van der Waals surface area contributed by atoms with Gasteiger partial charge >= 0.3 is 5.97 Å². The summed E-state index contributed by atoms with van der Waals surface area (Å²) in [6.07, 6.45) is 0.581. The van der Waals surface area contributed by atoms with Crippen LogP contribution in [0.2, 0.25) is 0 Å². The number of amidine groups is 1. The number of hydrogen-bond acceptors (Lipinski definition) is 7. The van der Waals surface area contributed by atoms with Crippen LogP contribution < -0.4 is 10.1 Å². The fraction of sp³-hybridized carbons (Fsp3) is 0.269. The van der Waals surface area contributed by atoms with Crippen molar-refractivity contribution in [3.05, 3.63) is 87.9 Å². The van der Waals surface area contributed by atoms with Crippen molar-refractivity contribution >= 4 is 28.8 Å². The lowest BCUT2D eigenvalue weighted by Gasteiger charge is -2.36. The van der Waals surface area contributed by atoms with E-state index in [0.29, 0.717) is 39.9 Å². The smallest absolute Gasteiger partial charge is 0.338 e. The van der Waals surface area contributed by atoms with E-state index in [4.69, 9.17) is 14.5 Å². The monoisotopic (exact) mass is 495 g/mol. The number of amides is 1. The maximum Gasteiger partial charge on any atom is 0.338 e. The molecule has 182 valence electrons. The van der Waals surface area contributed by atoms with Gasteiger partial charge in [0, 0.05) is 17.8 Å². The van der Waals surface area contributed by atoms with Crippen LogP contribution in [-0.4, -0.2) is 36.2 Å². The first kappa shape index (κ1) is 24.5. The molecule has 0 unspecified atom stereocenters. The number of hydrogen-bond donors (Lipinski definition) is 1. The molecule has 2 aromatic carbocycles. The highest BCUT2D eigenvalue weighted by Crippen LogP contribution is 2.45. The molecule has 1 N–H and O–H groups in total. The Balaban J connectivity index is 1.64. The van der Waals surface area contributed by atoms with Gasteiger partial charge < -0.3 is 19.7 Å². The number of carbonyl (C=O) groups is 2. The summed E-state index contributed by atoms with van der Waals surface area (Å²) in [5, 5.41) is 5.32. The van der Waals surface area contributed by atoms with Crippen molar-refractivity contribution in [2.24, 2.45) is 4.99 Å². The number of benzene rings is 2. The van der Waals surface area contributed by atoms with E-state index < -0.39 is 12.0 Å². The van der Waals surface area contributed by atoms with Crippen molar-refractivity contribution in [1.29, 1.82) is 0 Å². The van der Waals surface area contributed by atoms with Gasteiger partial charge in [-0.25, -0.2) is 14.2 Å². The van der Waals surface area contributed by atoms with Gasteiger partial charge in [0.1, 0.15) is 11.6 Å². The van der Waals surface area contributed by atoms with E-state index >= 15 is 0 Å². The molecule has 2 aliphatic heterocycles. The summed E-state index contributed by atoms with van der Waals surface area (Å²) in [5.74, 6) is -0.464. The molecule has 2 aromatic rings. The Morgan fingerprint density at radius 2 is 1.97 bits per heavy atom. The van der Waals surface area contributed by atoms with E-state index in [1.54, 1.807) is 25.3 Å². The molecule has 0 aliphatic carbocycles. The van der Waals surface area contributed by atoms with Gasteiger partial charge in [-0.3, -0.25) is 4.79 Å². The number of nitrogens with one attached hydrogen (secondary N) is 1. The molecule has 0 saturated heterocycles. The number of allylic oxidation sites excluding steroid dienone is 1. The summed E-state index contributed by atoms with van der Waals surface area (Å²) in [4.78, 5) is 32.4. The zero-order chi connectivity index (χ0) is 24.9. The Labute approximate surface area is 207 Å². The summed E-state index contributed by atoms with van der Waals surface area (Å²) < 4.78 is 24.5. The first-order valence-corrected chi connectivity index (χ1v) is 12.0. The number of carbonyl (C=O) groups excluding carboxylic acids is 2. The van der Waals surface area contributed by atoms with Crippen LogP contribution in [0.4, 0.5) is 4.39 Å². The summed E-state index contributed by atoms with van der Waals surface area (Å²) in [7, 11) is 2.93. The minimum Gasteiger partial charge on any atom is -0.497 e. The van der Waals surface area contributed by atoms with E-state index in [0.717, 1.165) is 5.56 Å². The van der Waals surface area contributed by atoms with E-state index in [1.165, 1.54) is 24.9 Å². The zero-order valence-corrected chi connectivity index (χ0v) is 20.5. The fourth-order valence-corrected chi connectivity index (χ4v) is 5.04. The lowest BCUT2D eigenvalue weighted by molar-refractivity contribution is -0.136. The number of nitrogens with zero attached hydrogens (tertiary/aromatic N) is 2. The molecule has 4 rings (SSSR count). The standard InChI is InChI=1S/C26H26FN3O4S/c1-4-21-23(25(32)34-3)24(16-9-7-10-19(12-16)33-2)30-18(15-35-26(30)29-21)13-22(31)28-14-17-8-5-6-11-20(17)27/h5-12,15,24H,4,13-14H2,1-3H3,(H,28,31)/t24-/m1/s1. The van der Waals surface area contributed by atoms with Gasteiger partial charge in [0.15, 0.2) is 5.17 Å². The highest BCUT2D eigenvalue weighted by atomic mass is 32.2. The second kappa shape index (κ2) is 10.8. The Bertz CT molecular complexity index is 1240. The van der Waals surface area contributed by atoms with Crippen LogP contribution in [0.3, 0.4) is 0 Å². The third-order valence-electron chi connectivity index (χ3n) is 5.81. The number of esters is 1. The van der Waals surface area contributed by atoms with E-state index in [1.807, 2.05) is 41.5 Å². The largest absolute Gasteiger partial charge is 0.497 e. The van der Waals surface area contributed by atoms with Crippen LogP contribution in [0, 0.1) is 5.82 Å². The third-order valence-corrected chi connectivity index (χ3v) is 6.70. The van der Waals surface area contributed by atoms with Crippen molar-refractivity contribution in [1.82, 2.24) is 10.2 Å². The van der Waals surface area contributed by atoms with Crippen molar-refractivity contribution in [3.8, 4) is 5.75 Å². The van der Waals surface area contributed by atoms with Crippen LogP contribution in [0.25, 0.3) is 0 Å². The predicted octanol–water partition coefficient (Wildman–Crippen LogP) is 4.68. The first-order valence-electron chi connectivity index (χ1n) is 11.2. The number of methoxy groups -OCH3 is 2. The summed E-state index contributed by atoms with van der Waals surface area (Å²) >= 11 is 1.40. The molecule has 1 atom stereocenters. The molecule has 35 heavy (non-hydrogen) atoms. The maximum absolute atomic E-state index is 13.9. The van der Waals surface area contributed by atoms with Crippen molar-refractivity contribution < 1.29 is 23.5 Å².